The van der Waals surface area contributed by atoms with Crippen molar-refractivity contribution >= 4 is 31.9 Å². The molecule has 1 fully saturated rings. The van der Waals surface area contributed by atoms with Gasteiger partial charge in [0.1, 0.15) is 5.75 Å². The van der Waals surface area contributed by atoms with Crippen LogP contribution in [0.3, 0.4) is 0 Å². The minimum Gasteiger partial charge on any atom is -0.493 e. The summed E-state index contributed by atoms with van der Waals surface area (Å²) < 4.78 is 7.19. The molecule has 0 N–H and O–H groups in total. The predicted molar refractivity (Wildman–Crippen MR) is 83.7 cm³/mol. The summed E-state index contributed by atoms with van der Waals surface area (Å²) in [5.41, 5.74) is 1.54. The van der Waals surface area contributed by atoms with Gasteiger partial charge in [-0.2, -0.15) is 0 Å². The Kier molecular flexibility index (Phi) is 5.14. The maximum atomic E-state index is 6.07. The number of hydrogen-bond donors (Lipinski definition) is 0. The molecule has 1 aliphatic carbocycles. The summed E-state index contributed by atoms with van der Waals surface area (Å²) in [5, 5.41) is 1.05. The van der Waals surface area contributed by atoms with Crippen LogP contribution in [0.15, 0.2) is 22.7 Å². The van der Waals surface area contributed by atoms with E-state index in [0.717, 1.165) is 22.2 Å². The smallest absolute Gasteiger partial charge is 0.122 e. The molecule has 1 nitrogen and oxygen atoms in total. The van der Waals surface area contributed by atoms with Gasteiger partial charge in [-0.25, -0.2) is 0 Å². The van der Waals surface area contributed by atoms with Crippen LogP contribution in [0, 0.1) is 12.3 Å². The van der Waals surface area contributed by atoms with Gasteiger partial charge in [0.15, 0.2) is 0 Å². The molecule has 0 saturated heterocycles. The largest absolute Gasteiger partial charge is 0.493 e. The highest BCUT2D eigenvalue weighted by molar-refractivity contribution is 9.10. The lowest BCUT2D eigenvalue weighted by Gasteiger charge is -2.35. The van der Waals surface area contributed by atoms with Crippen LogP contribution in [0.2, 0.25) is 0 Å². The zero-order valence-corrected chi connectivity index (χ0v) is 14.0. The Morgan fingerprint density at radius 2 is 1.94 bits per heavy atom. The van der Waals surface area contributed by atoms with E-state index in [2.05, 4.69) is 50.9 Å². The lowest BCUT2D eigenvalue weighted by molar-refractivity contribution is 0.121. The van der Waals surface area contributed by atoms with E-state index in [9.17, 15) is 0 Å². The zero-order chi connectivity index (χ0) is 13.0. The summed E-state index contributed by atoms with van der Waals surface area (Å²) in [6.45, 7) is 2.93. The Morgan fingerprint density at radius 3 is 2.56 bits per heavy atom. The standard InChI is InChI=1S/C15H20Br2O/c1-12-9-13(17)5-6-14(12)18-11-15(10-16)7-3-2-4-8-15/h5-6,9H,2-4,7-8,10-11H2,1H3. The molecule has 100 valence electrons. The number of hydrogen-bond acceptors (Lipinski definition) is 1. The van der Waals surface area contributed by atoms with Crippen LogP contribution in [0.1, 0.15) is 37.7 Å². The fraction of sp³-hybridized carbons (Fsp3) is 0.600. The van der Waals surface area contributed by atoms with E-state index in [1.54, 1.807) is 0 Å². The number of aryl methyl sites for hydroxylation is 1. The van der Waals surface area contributed by atoms with Crippen molar-refractivity contribution in [1.29, 1.82) is 0 Å². The molecule has 18 heavy (non-hydrogen) atoms. The second-order valence-electron chi connectivity index (χ2n) is 5.39. The van der Waals surface area contributed by atoms with Crippen LogP contribution >= 0.6 is 31.9 Å². The monoisotopic (exact) mass is 374 g/mol. The number of halogens is 2. The Labute approximate surface area is 127 Å². The second-order valence-corrected chi connectivity index (χ2v) is 6.87. The Bertz CT molecular complexity index is 397. The summed E-state index contributed by atoms with van der Waals surface area (Å²) in [6, 6.07) is 6.21. The Balaban J connectivity index is 2.01. The summed E-state index contributed by atoms with van der Waals surface area (Å²) in [7, 11) is 0. The van der Waals surface area contributed by atoms with Crippen molar-refractivity contribution in [2.45, 2.75) is 39.0 Å². The Morgan fingerprint density at radius 1 is 1.22 bits per heavy atom. The zero-order valence-electron chi connectivity index (χ0n) is 10.8. The summed E-state index contributed by atoms with van der Waals surface area (Å²) in [4.78, 5) is 0. The number of alkyl halides is 1. The highest BCUT2D eigenvalue weighted by Crippen LogP contribution is 2.38. The van der Waals surface area contributed by atoms with Gasteiger partial charge >= 0.3 is 0 Å². The molecule has 1 aromatic carbocycles. The lowest BCUT2D eigenvalue weighted by atomic mass is 9.76. The van der Waals surface area contributed by atoms with Crippen LogP contribution in [0.25, 0.3) is 0 Å². The molecule has 3 heteroatoms. The van der Waals surface area contributed by atoms with Crippen molar-refractivity contribution in [3.8, 4) is 5.75 Å². The van der Waals surface area contributed by atoms with E-state index < -0.39 is 0 Å². The Hall–Kier alpha value is -0.0200. The quantitative estimate of drug-likeness (QED) is 0.633. The van der Waals surface area contributed by atoms with Crippen LogP contribution in [0.5, 0.6) is 5.75 Å². The number of rotatable bonds is 4. The van der Waals surface area contributed by atoms with Gasteiger partial charge in [0.25, 0.3) is 0 Å². The SMILES string of the molecule is Cc1cc(Br)ccc1OCC1(CBr)CCCCC1. The van der Waals surface area contributed by atoms with Crippen LogP contribution in [-0.4, -0.2) is 11.9 Å². The number of benzene rings is 1. The molecule has 0 unspecified atom stereocenters. The van der Waals surface area contributed by atoms with Crippen LogP contribution in [-0.2, 0) is 0 Å². The minimum absolute atomic E-state index is 0.345. The first kappa shape index (κ1) is 14.4. The second kappa shape index (κ2) is 6.42. The molecular weight excluding hydrogens is 356 g/mol. The lowest BCUT2D eigenvalue weighted by Crippen LogP contribution is -2.32. The molecule has 0 bridgehead atoms. The molecule has 0 radical (unpaired) electrons. The third-order valence-electron chi connectivity index (χ3n) is 3.87. The fourth-order valence-corrected chi connectivity index (χ4v) is 3.82. The normalized spacial score (nSPS) is 18.6. The maximum Gasteiger partial charge on any atom is 0.122 e. The van der Waals surface area contributed by atoms with Gasteiger partial charge in [-0.05, 0) is 43.5 Å². The van der Waals surface area contributed by atoms with E-state index >= 15 is 0 Å². The van der Waals surface area contributed by atoms with E-state index in [0.29, 0.717) is 5.41 Å². The highest BCUT2D eigenvalue weighted by atomic mass is 79.9. The van der Waals surface area contributed by atoms with Gasteiger partial charge in [0.2, 0.25) is 0 Å². The van der Waals surface area contributed by atoms with Crippen molar-refractivity contribution in [1.82, 2.24) is 0 Å². The molecule has 0 heterocycles. The van der Waals surface area contributed by atoms with E-state index in [-0.39, 0.29) is 0 Å². The maximum absolute atomic E-state index is 6.07. The first-order valence-corrected chi connectivity index (χ1v) is 8.52. The van der Waals surface area contributed by atoms with E-state index in [1.165, 1.54) is 37.7 Å². The summed E-state index contributed by atoms with van der Waals surface area (Å²) >= 11 is 7.17. The van der Waals surface area contributed by atoms with Gasteiger partial charge in [-0.15, -0.1) is 0 Å². The van der Waals surface area contributed by atoms with Crippen LogP contribution < -0.4 is 4.74 Å². The van der Waals surface area contributed by atoms with E-state index in [1.807, 2.05) is 6.07 Å². The number of ether oxygens (including phenoxy) is 1. The molecular formula is C15H20Br2O. The molecule has 0 atom stereocenters. The van der Waals surface area contributed by atoms with Gasteiger partial charge in [-0.1, -0.05) is 51.1 Å². The third-order valence-corrected chi connectivity index (χ3v) is 5.55. The molecule has 0 aliphatic heterocycles. The predicted octanol–water partition coefficient (Wildman–Crippen LogP) is 5.48. The van der Waals surface area contributed by atoms with Gasteiger partial charge in [0.05, 0.1) is 6.61 Å². The summed E-state index contributed by atoms with van der Waals surface area (Å²) in [6.07, 6.45) is 6.64. The van der Waals surface area contributed by atoms with Gasteiger partial charge < -0.3 is 4.74 Å². The van der Waals surface area contributed by atoms with Crippen LogP contribution in [0.4, 0.5) is 0 Å². The van der Waals surface area contributed by atoms with Crippen molar-refractivity contribution in [3.63, 3.8) is 0 Å². The average Bonchev–Trinajstić information content (AvgIpc) is 2.39. The van der Waals surface area contributed by atoms with Gasteiger partial charge in [-0.3, -0.25) is 0 Å². The van der Waals surface area contributed by atoms with Crippen molar-refractivity contribution in [3.05, 3.63) is 28.2 Å². The average molecular weight is 376 g/mol. The summed E-state index contributed by atoms with van der Waals surface area (Å²) in [5.74, 6) is 1.02. The molecule has 0 spiro atoms. The van der Waals surface area contributed by atoms with Crippen molar-refractivity contribution < 1.29 is 4.74 Å². The van der Waals surface area contributed by atoms with Crippen molar-refractivity contribution in [2.75, 3.05) is 11.9 Å². The third kappa shape index (κ3) is 3.51. The molecule has 0 amide bonds. The van der Waals surface area contributed by atoms with Crippen molar-refractivity contribution in [2.24, 2.45) is 5.41 Å². The molecule has 2 rings (SSSR count). The van der Waals surface area contributed by atoms with E-state index in [4.69, 9.17) is 4.74 Å². The highest BCUT2D eigenvalue weighted by Gasteiger charge is 2.31. The fourth-order valence-electron chi connectivity index (χ4n) is 2.62. The molecule has 0 aromatic heterocycles. The molecule has 1 aliphatic rings. The minimum atomic E-state index is 0.345. The molecule has 1 saturated carbocycles. The van der Waals surface area contributed by atoms with Gasteiger partial charge in [0, 0.05) is 15.2 Å². The topological polar surface area (TPSA) is 9.23 Å². The molecule has 1 aromatic rings. The first-order valence-electron chi connectivity index (χ1n) is 6.60. The first-order chi connectivity index (χ1) is 8.65.